The molecule has 0 aliphatic rings. The average Bonchev–Trinajstić information content (AvgIpc) is 2.10. The molecule has 0 aliphatic heterocycles. The molecule has 4 nitrogen and oxygen atoms in total. The lowest BCUT2D eigenvalue weighted by Gasteiger charge is -1.88. The van der Waals surface area contributed by atoms with Crippen molar-refractivity contribution in [2.75, 3.05) is 7.11 Å². The summed E-state index contributed by atoms with van der Waals surface area (Å²) in [6.07, 6.45) is 1.53. The van der Waals surface area contributed by atoms with Crippen molar-refractivity contribution >= 4 is 5.91 Å². The fraction of sp³-hybridized carbons (Fsp3) is 0.143. The number of amides is 1. The van der Waals surface area contributed by atoms with Crippen LogP contribution >= 0.6 is 0 Å². The Kier molecular flexibility index (Phi) is 4.68. The molecule has 0 saturated carbocycles. The maximum Gasteiger partial charge on any atom is 0.267 e. The average molecular weight is 154 g/mol. The van der Waals surface area contributed by atoms with Crippen LogP contribution in [0.3, 0.4) is 0 Å². The molecule has 0 aromatic carbocycles. The molecule has 0 radical (unpaired) electrons. The highest BCUT2D eigenvalue weighted by Crippen LogP contribution is 1.88. The molecule has 0 unspecified atom stereocenters. The Morgan fingerprint density at radius 3 is 2.45 bits per heavy atom. The van der Waals surface area contributed by atoms with E-state index >= 15 is 0 Å². The minimum Gasteiger partial charge on any atom is -0.400 e. The first-order chi connectivity index (χ1) is 5.30. The molecule has 0 atom stereocenters. The maximum atomic E-state index is 10.4. The predicted octanol–water partition coefficient (Wildman–Crippen LogP) is -0.211. The van der Waals surface area contributed by atoms with E-state index in [4.69, 9.17) is 10.8 Å². The zero-order valence-corrected chi connectivity index (χ0v) is 6.19. The standard InChI is InChI=1S/C6H6N2O.CH4O/c7-6(9)5-3-1-2-4-8-5;1-2/h1-4H,(H2,7,9);2H,1H3. The van der Waals surface area contributed by atoms with Gasteiger partial charge in [0.1, 0.15) is 5.69 Å². The summed E-state index contributed by atoms with van der Waals surface area (Å²) in [6.45, 7) is 0. The van der Waals surface area contributed by atoms with Crippen LogP contribution in [0.1, 0.15) is 10.5 Å². The van der Waals surface area contributed by atoms with Crippen molar-refractivity contribution in [1.82, 2.24) is 4.98 Å². The van der Waals surface area contributed by atoms with Crippen molar-refractivity contribution in [3.8, 4) is 0 Å². The summed E-state index contributed by atoms with van der Waals surface area (Å²) in [7, 11) is 1.00. The van der Waals surface area contributed by atoms with Gasteiger partial charge in [0.15, 0.2) is 0 Å². The predicted molar refractivity (Wildman–Crippen MR) is 40.9 cm³/mol. The Hall–Kier alpha value is -1.42. The number of rotatable bonds is 1. The summed E-state index contributed by atoms with van der Waals surface area (Å²) in [5, 5.41) is 7.00. The highest BCUT2D eigenvalue weighted by Gasteiger charge is 1.95. The molecular weight excluding hydrogens is 144 g/mol. The molecule has 1 aromatic heterocycles. The van der Waals surface area contributed by atoms with Gasteiger partial charge in [-0.05, 0) is 12.1 Å². The van der Waals surface area contributed by atoms with Gasteiger partial charge >= 0.3 is 0 Å². The van der Waals surface area contributed by atoms with Gasteiger partial charge in [-0.3, -0.25) is 9.78 Å². The van der Waals surface area contributed by atoms with Crippen LogP contribution in [0.5, 0.6) is 0 Å². The summed E-state index contributed by atoms with van der Waals surface area (Å²) >= 11 is 0. The van der Waals surface area contributed by atoms with Crippen LogP contribution in [0, 0.1) is 0 Å². The van der Waals surface area contributed by atoms with Gasteiger partial charge in [-0.2, -0.15) is 0 Å². The van der Waals surface area contributed by atoms with E-state index in [1.807, 2.05) is 0 Å². The highest BCUT2D eigenvalue weighted by atomic mass is 16.2. The van der Waals surface area contributed by atoms with Gasteiger partial charge < -0.3 is 10.8 Å². The lowest BCUT2D eigenvalue weighted by Crippen LogP contribution is -2.12. The fourth-order valence-electron chi connectivity index (χ4n) is 0.509. The molecule has 1 heterocycles. The normalized spacial score (nSPS) is 7.82. The third-order valence-electron chi connectivity index (χ3n) is 0.917. The van der Waals surface area contributed by atoms with E-state index in [9.17, 15) is 4.79 Å². The first-order valence-corrected chi connectivity index (χ1v) is 2.96. The summed E-state index contributed by atoms with van der Waals surface area (Å²) in [5.74, 6) is -0.490. The van der Waals surface area contributed by atoms with E-state index in [1.165, 1.54) is 6.20 Å². The summed E-state index contributed by atoms with van der Waals surface area (Å²) < 4.78 is 0. The Morgan fingerprint density at radius 1 is 1.55 bits per heavy atom. The summed E-state index contributed by atoms with van der Waals surface area (Å²) in [4.78, 5) is 14.1. The van der Waals surface area contributed by atoms with E-state index < -0.39 is 5.91 Å². The Balaban J connectivity index is 0.000000461. The topological polar surface area (TPSA) is 76.2 Å². The Labute approximate surface area is 64.7 Å². The van der Waals surface area contributed by atoms with E-state index in [0.717, 1.165) is 7.11 Å². The molecule has 1 aromatic rings. The molecule has 11 heavy (non-hydrogen) atoms. The first-order valence-electron chi connectivity index (χ1n) is 2.96. The van der Waals surface area contributed by atoms with Crippen LogP contribution in [0.2, 0.25) is 0 Å². The molecule has 1 amide bonds. The van der Waals surface area contributed by atoms with Crippen molar-refractivity contribution in [2.45, 2.75) is 0 Å². The van der Waals surface area contributed by atoms with E-state index in [-0.39, 0.29) is 0 Å². The molecule has 3 N–H and O–H groups in total. The van der Waals surface area contributed by atoms with Crippen LogP contribution in [0.15, 0.2) is 24.4 Å². The number of aromatic nitrogens is 1. The van der Waals surface area contributed by atoms with E-state index in [0.29, 0.717) is 5.69 Å². The zero-order valence-electron chi connectivity index (χ0n) is 6.19. The second kappa shape index (κ2) is 5.37. The van der Waals surface area contributed by atoms with Gasteiger partial charge in [-0.25, -0.2) is 0 Å². The van der Waals surface area contributed by atoms with Gasteiger partial charge in [0.2, 0.25) is 0 Å². The third kappa shape index (κ3) is 3.32. The zero-order chi connectivity index (χ0) is 8.69. The number of hydrogen-bond donors (Lipinski definition) is 2. The van der Waals surface area contributed by atoms with Crippen LogP contribution < -0.4 is 5.73 Å². The number of hydrogen-bond acceptors (Lipinski definition) is 3. The summed E-state index contributed by atoms with van der Waals surface area (Å²) in [5.41, 5.74) is 5.22. The van der Waals surface area contributed by atoms with Gasteiger partial charge in [0.25, 0.3) is 5.91 Å². The van der Waals surface area contributed by atoms with Gasteiger partial charge in [-0.15, -0.1) is 0 Å². The van der Waals surface area contributed by atoms with Gasteiger partial charge in [-0.1, -0.05) is 6.07 Å². The monoisotopic (exact) mass is 154 g/mol. The molecular formula is C7H10N2O2. The van der Waals surface area contributed by atoms with Crippen LogP contribution in [0.4, 0.5) is 0 Å². The molecule has 0 aliphatic carbocycles. The number of aliphatic hydroxyl groups is 1. The second-order valence-corrected chi connectivity index (χ2v) is 1.58. The van der Waals surface area contributed by atoms with Gasteiger partial charge in [0.05, 0.1) is 0 Å². The van der Waals surface area contributed by atoms with E-state index in [1.54, 1.807) is 18.2 Å². The quantitative estimate of drug-likeness (QED) is 0.587. The van der Waals surface area contributed by atoms with Crippen LogP contribution in [-0.2, 0) is 0 Å². The van der Waals surface area contributed by atoms with Crippen LogP contribution in [0.25, 0.3) is 0 Å². The van der Waals surface area contributed by atoms with Crippen molar-refractivity contribution in [2.24, 2.45) is 5.73 Å². The molecule has 0 saturated heterocycles. The molecule has 1 rings (SSSR count). The number of carbonyl (C=O) groups is 1. The molecule has 60 valence electrons. The third-order valence-corrected chi connectivity index (χ3v) is 0.917. The van der Waals surface area contributed by atoms with Crippen molar-refractivity contribution < 1.29 is 9.90 Å². The maximum absolute atomic E-state index is 10.4. The largest absolute Gasteiger partial charge is 0.400 e. The number of pyridine rings is 1. The minimum absolute atomic E-state index is 0.303. The summed E-state index contributed by atoms with van der Waals surface area (Å²) in [6, 6.07) is 5.02. The molecule has 0 bridgehead atoms. The van der Waals surface area contributed by atoms with Crippen molar-refractivity contribution in [3.05, 3.63) is 30.1 Å². The van der Waals surface area contributed by atoms with Gasteiger partial charge in [0, 0.05) is 13.3 Å². The lowest BCUT2D eigenvalue weighted by atomic mass is 10.3. The highest BCUT2D eigenvalue weighted by molar-refractivity contribution is 5.90. The second-order valence-electron chi connectivity index (χ2n) is 1.58. The SMILES string of the molecule is CO.NC(=O)c1ccccn1. The first kappa shape index (κ1) is 9.58. The number of primary amides is 1. The number of carbonyl (C=O) groups excluding carboxylic acids is 1. The van der Waals surface area contributed by atoms with Crippen molar-refractivity contribution in [3.63, 3.8) is 0 Å². The van der Waals surface area contributed by atoms with E-state index in [2.05, 4.69) is 4.98 Å². The Bertz CT molecular complexity index is 211. The molecule has 4 heteroatoms. The molecule has 0 fully saturated rings. The van der Waals surface area contributed by atoms with Crippen molar-refractivity contribution in [1.29, 1.82) is 0 Å². The number of aliphatic hydroxyl groups excluding tert-OH is 1. The fourth-order valence-corrected chi connectivity index (χ4v) is 0.509. The smallest absolute Gasteiger partial charge is 0.267 e. The lowest BCUT2D eigenvalue weighted by molar-refractivity contribution is 0.0995. The van der Waals surface area contributed by atoms with Crippen LogP contribution in [-0.4, -0.2) is 23.1 Å². The number of nitrogens with two attached hydrogens (primary N) is 1. The number of nitrogens with zero attached hydrogens (tertiary/aromatic N) is 1. The minimum atomic E-state index is -0.490. The molecule has 0 spiro atoms. The Morgan fingerprint density at radius 2 is 2.18 bits per heavy atom.